The van der Waals surface area contributed by atoms with Gasteiger partial charge < -0.3 is 0 Å². The fourth-order valence-electron chi connectivity index (χ4n) is 2.89. The van der Waals surface area contributed by atoms with Crippen LogP contribution in [-0.2, 0) is 6.42 Å². The molecule has 0 N–H and O–H groups in total. The van der Waals surface area contributed by atoms with Crippen molar-refractivity contribution in [2.45, 2.75) is 13.3 Å². The number of rotatable bonds is 2. The average Bonchev–Trinajstić information content (AvgIpc) is 2.55. The smallest absolute Gasteiger partial charge is 0.128 e. The standard InChI is InChI=1S/C20H15FN2/c1-13-4-5-19-17(7-13)9-14(12-23-19)8-16-10-15-3-2-6-22-20(15)11-18(16)21/h2-7,9-12H,8H2,1H3. The Morgan fingerprint density at radius 2 is 1.83 bits per heavy atom. The highest BCUT2D eigenvalue weighted by atomic mass is 19.1. The Bertz CT molecular complexity index is 1020. The van der Waals surface area contributed by atoms with Crippen LogP contribution >= 0.6 is 0 Å². The fourth-order valence-corrected chi connectivity index (χ4v) is 2.89. The fraction of sp³-hybridized carbons (Fsp3) is 0.100. The van der Waals surface area contributed by atoms with E-state index in [0.29, 0.717) is 17.5 Å². The lowest BCUT2D eigenvalue weighted by Gasteiger charge is -2.07. The van der Waals surface area contributed by atoms with Gasteiger partial charge in [0, 0.05) is 35.7 Å². The average molecular weight is 302 g/mol. The molecule has 0 aliphatic carbocycles. The minimum atomic E-state index is -0.222. The number of aromatic nitrogens is 2. The van der Waals surface area contributed by atoms with E-state index in [2.05, 4.69) is 29.0 Å². The van der Waals surface area contributed by atoms with E-state index in [1.54, 1.807) is 6.20 Å². The number of hydrogen-bond donors (Lipinski definition) is 0. The Morgan fingerprint density at radius 3 is 2.74 bits per heavy atom. The molecule has 2 heterocycles. The van der Waals surface area contributed by atoms with E-state index in [1.807, 2.05) is 36.5 Å². The van der Waals surface area contributed by atoms with Gasteiger partial charge in [0.1, 0.15) is 5.82 Å². The van der Waals surface area contributed by atoms with Crippen molar-refractivity contribution in [1.29, 1.82) is 0 Å². The third-order valence-corrected chi connectivity index (χ3v) is 4.06. The molecule has 2 aromatic carbocycles. The topological polar surface area (TPSA) is 25.8 Å². The van der Waals surface area contributed by atoms with Crippen LogP contribution < -0.4 is 0 Å². The first-order valence-corrected chi connectivity index (χ1v) is 7.57. The van der Waals surface area contributed by atoms with Crippen molar-refractivity contribution in [2.75, 3.05) is 0 Å². The van der Waals surface area contributed by atoms with Crippen molar-refractivity contribution in [3.8, 4) is 0 Å². The summed E-state index contributed by atoms with van der Waals surface area (Å²) < 4.78 is 14.3. The van der Waals surface area contributed by atoms with E-state index in [-0.39, 0.29) is 5.82 Å². The molecule has 2 aromatic heterocycles. The summed E-state index contributed by atoms with van der Waals surface area (Å²) in [5, 5.41) is 2.04. The van der Waals surface area contributed by atoms with Crippen LogP contribution in [0.25, 0.3) is 21.8 Å². The molecule has 0 saturated carbocycles. The molecule has 0 atom stereocenters. The molecule has 0 aliphatic rings. The molecule has 0 fully saturated rings. The summed E-state index contributed by atoms with van der Waals surface area (Å²) >= 11 is 0. The lowest BCUT2D eigenvalue weighted by Crippen LogP contribution is -1.95. The van der Waals surface area contributed by atoms with Gasteiger partial charge in [0.25, 0.3) is 0 Å². The van der Waals surface area contributed by atoms with Crippen molar-refractivity contribution in [3.05, 3.63) is 83.4 Å². The number of hydrogen-bond acceptors (Lipinski definition) is 2. The number of halogens is 1. The molecule has 0 bridgehead atoms. The normalized spacial score (nSPS) is 11.2. The third-order valence-electron chi connectivity index (χ3n) is 4.06. The highest BCUT2D eigenvalue weighted by Gasteiger charge is 2.07. The van der Waals surface area contributed by atoms with Gasteiger partial charge in [0.05, 0.1) is 11.0 Å². The highest BCUT2D eigenvalue weighted by molar-refractivity contribution is 5.81. The van der Waals surface area contributed by atoms with Crippen LogP contribution in [0.2, 0.25) is 0 Å². The first-order valence-electron chi connectivity index (χ1n) is 7.57. The second kappa shape index (κ2) is 5.43. The molecule has 0 radical (unpaired) electrons. The summed E-state index contributed by atoms with van der Waals surface area (Å²) in [5.74, 6) is -0.222. The van der Waals surface area contributed by atoms with Crippen LogP contribution in [-0.4, -0.2) is 9.97 Å². The van der Waals surface area contributed by atoms with E-state index in [0.717, 1.165) is 21.9 Å². The Balaban J connectivity index is 1.76. The second-order valence-corrected chi connectivity index (χ2v) is 5.86. The van der Waals surface area contributed by atoms with Gasteiger partial charge >= 0.3 is 0 Å². The number of benzene rings is 2. The van der Waals surface area contributed by atoms with Gasteiger partial charge in [-0.2, -0.15) is 0 Å². The molecule has 2 nitrogen and oxygen atoms in total. The molecule has 4 rings (SSSR count). The molecule has 0 spiro atoms. The van der Waals surface area contributed by atoms with Crippen LogP contribution in [0.1, 0.15) is 16.7 Å². The lowest BCUT2D eigenvalue weighted by atomic mass is 10.0. The van der Waals surface area contributed by atoms with Crippen molar-refractivity contribution in [1.82, 2.24) is 9.97 Å². The van der Waals surface area contributed by atoms with Gasteiger partial charge in [0.15, 0.2) is 0 Å². The Hall–Kier alpha value is -2.81. The largest absolute Gasteiger partial charge is 0.256 e. The summed E-state index contributed by atoms with van der Waals surface area (Å²) in [6.45, 7) is 2.06. The quantitative estimate of drug-likeness (QED) is 0.530. The zero-order chi connectivity index (χ0) is 15.8. The van der Waals surface area contributed by atoms with Gasteiger partial charge in [-0.25, -0.2) is 4.39 Å². The summed E-state index contributed by atoms with van der Waals surface area (Å²) in [5.41, 5.74) is 4.51. The van der Waals surface area contributed by atoms with Gasteiger partial charge in [-0.3, -0.25) is 9.97 Å². The SMILES string of the molecule is Cc1ccc2ncc(Cc3cc4cccnc4cc3F)cc2c1. The zero-order valence-corrected chi connectivity index (χ0v) is 12.8. The van der Waals surface area contributed by atoms with Crippen molar-refractivity contribution in [3.63, 3.8) is 0 Å². The molecule has 0 amide bonds. The van der Waals surface area contributed by atoms with Crippen LogP contribution in [0.4, 0.5) is 4.39 Å². The molecular formula is C20H15FN2. The summed E-state index contributed by atoms with van der Waals surface area (Å²) in [7, 11) is 0. The van der Waals surface area contributed by atoms with E-state index >= 15 is 0 Å². The van der Waals surface area contributed by atoms with Crippen LogP contribution in [0.5, 0.6) is 0 Å². The molecule has 3 heteroatoms. The van der Waals surface area contributed by atoms with E-state index in [9.17, 15) is 4.39 Å². The zero-order valence-electron chi connectivity index (χ0n) is 12.8. The van der Waals surface area contributed by atoms with Crippen molar-refractivity contribution in [2.24, 2.45) is 0 Å². The first kappa shape index (κ1) is 13.8. The molecule has 4 aromatic rings. The second-order valence-electron chi connectivity index (χ2n) is 5.86. The lowest BCUT2D eigenvalue weighted by molar-refractivity contribution is 0.615. The molecule has 112 valence electrons. The van der Waals surface area contributed by atoms with Crippen LogP contribution in [0.15, 0.2) is 60.9 Å². The predicted octanol–water partition coefficient (Wildman–Crippen LogP) is 4.82. The minimum absolute atomic E-state index is 0.222. The maximum atomic E-state index is 14.3. The van der Waals surface area contributed by atoms with Crippen LogP contribution in [0.3, 0.4) is 0 Å². The van der Waals surface area contributed by atoms with E-state index < -0.39 is 0 Å². The maximum Gasteiger partial charge on any atom is 0.128 e. The Labute approximate surface area is 133 Å². The molecule has 0 unspecified atom stereocenters. The van der Waals surface area contributed by atoms with Gasteiger partial charge in [-0.15, -0.1) is 0 Å². The molecule has 23 heavy (non-hydrogen) atoms. The molecule has 0 saturated heterocycles. The van der Waals surface area contributed by atoms with E-state index in [4.69, 9.17) is 0 Å². The summed E-state index contributed by atoms with van der Waals surface area (Å²) in [6, 6.07) is 15.4. The van der Waals surface area contributed by atoms with Gasteiger partial charge in [0.2, 0.25) is 0 Å². The number of fused-ring (bicyclic) bond motifs is 2. The monoisotopic (exact) mass is 302 g/mol. The summed E-state index contributed by atoms with van der Waals surface area (Å²) in [4.78, 5) is 8.66. The summed E-state index contributed by atoms with van der Waals surface area (Å²) in [6.07, 6.45) is 4.02. The third kappa shape index (κ3) is 2.66. The van der Waals surface area contributed by atoms with Gasteiger partial charge in [-0.05, 0) is 48.4 Å². The van der Waals surface area contributed by atoms with Gasteiger partial charge in [-0.1, -0.05) is 17.7 Å². The Morgan fingerprint density at radius 1 is 0.913 bits per heavy atom. The number of pyridine rings is 2. The first-order chi connectivity index (χ1) is 11.2. The van der Waals surface area contributed by atoms with Crippen molar-refractivity contribution >= 4 is 21.8 Å². The highest BCUT2D eigenvalue weighted by Crippen LogP contribution is 2.22. The maximum absolute atomic E-state index is 14.3. The molecular weight excluding hydrogens is 287 g/mol. The minimum Gasteiger partial charge on any atom is -0.256 e. The van der Waals surface area contributed by atoms with Crippen LogP contribution in [0, 0.1) is 12.7 Å². The number of aryl methyl sites for hydroxylation is 1. The number of nitrogens with zero attached hydrogens (tertiary/aromatic N) is 2. The van der Waals surface area contributed by atoms with E-state index in [1.165, 1.54) is 11.6 Å². The van der Waals surface area contributed by atoms with Crippen molar-refractivity contribution < 1.29 is 4.39 Å². The molecule has 0 aliphatic heterocycles. The predicted molar refractivity (Wildman–Crippen MR) is 91.0 cm³/mol. The Kier molecular flexibility index (Phi) is 3.27.